The standard InChI is InChI=1S/C26H25ClN2O9S4/c1-3-17-6-11-25(39-17)42(36,37)28(14-23(30)31)13-18-12-20-22(10-9-21(27)26(20)40-18)29(15-24(32)33)41(34,35)19-7-4-16(38-2)5-8-19/h4-12H,3,13-15H2,1-2H3,(H,30,31)(H,32,33). The van der Waals surface area contributed by atoms with Crippen molar-refractivity contribution in [2.24, 2.45) is 0 Å². The second-order valence-corrected chi connectivity index (χ2v) is 15.6. The minimum atomic E-state index is -4.39. The molecule has 0 atom stereocenters. The predicted octanol–water partition coefficient (Wildman–Crippen LogP) is 4.74. The van der Waals surface area contributed by atoms with Gasteiger partial charge in [-0.05, 0) is 61.0 Å². The van der Waals surface area contributed by atoms with Crippen LogP contribution in [0.4, 0.5) is 5.69 Å². The monoisotopic (exact) mass is 672 g/mol. The summed E-state index contributed by atoms with van der Waals surface area (Å²) < 4.78 is 61.1. The lowest BCUT2D eigenvalue weighted by Crippen LogP contribution is -2.35. The minimum absolute atomic E-state index is 0.00125. The van der Waals surface area contributed by atoms with Crippen LogP contribution in [0.25, 0.3) is 10.1 Å². The van der Waals surface area contributed by atoms with E-state index in [-0.39, 0.29) is 31.7 Å². The van der Waals surface area contributed by atoms with E-state index in [0.717, 1.165) is 36.2 Å². The Kier molecular flexibility index (Phi) is 9.49. The fraction of sp³-hybridized carbons (Fsp3) is 0.231. The first-order valence-corrected chi connectivity index (χ1v) is 17.1. The summed E-state index contributed by atoms with van der Waals surface area (Å²) in [7, 11) is -7.16. The molecule has 0 radical (unpaired) electrons. The third-order valence-corrected chi connectivity index (χ3v) is 12.9. The largest absolute Gasteiger partial charge is 0.497 e. The highest BCUT2D eigenvalue weighted by Crippen LogP contribution is 2.41. The molecule has 4 rings (SSSR count). The smallest absolute Gasteiger partial charge is 0.324 e. The number of aliphatic carboxylic acids is 2. The molecule has 0 saturated heterocycles. The number of fused-ring (bicyclic) bond motifs is 1. The first kappa shape index (κ1) is 31.7. The van der Waals surface area contributed by atoms with E-state index in [1.165, 1.54) is 55.6 Å². The summed E-state index contributed by atoms with van der Waals surface area (Å²) in [5.41, 5.74) is 0.00797. The normalized spacial score (nSPS) is 12.1. The van der Waals surface area contributed by atoms with Gasteiger partial charge in [0.25, 0.3) is 20.0 Å². The van der Waals surface area contributed by atoms with E-state index in [0.29, 0.717) is 21.7 Å². The summed E-state index contributed by atoms with van der Waals surface area (Å²) in [6.07, 6.45) is 0.614. The van der Waals surface area contributed by atoms with Crippen LogP contribution in [0.3, 0.4) is 0 Å². The lowest BCUT2D eigenvalue weighted by Gasteiger charge is -2.24. The maximum atomic E-state index is 13.7. The van der Waals surface area contributed by atoms with Crippen molar-refractivity contribution in [2.75, 3.05) is 24.5 Å². The third-order valence-electron chi connectivity index (χ3n) is 6.08. The molecule has 0 aliphatic rings. The number of aryl methyl sites for hydroxylation is 1. The maximum absolute atomic E-state index is 13.7. The SMILES string of the molecule is CCc1ccc(S(=O)(=O)N(CC(=O)O)Cc2cc3c(N(CC(=O)O)S(=O)(=O)c4ccc(OC)cc4)ccc(Cl)c3s2)s1. The third kappa shape index (κ3) is 6.55. The Morgan fingerprint density at radius 2 is 1.55 bits per heavy atom. The fourth-order valence-corrected chi connectivity index (χ4v) is 9.80. The molecule has 0 amide bonds. The topological polar surface area (TPSA) is 159 Å². The summed E-state index contributed by atoms with van der Waals surface area (Å²) in [5.74, 6) is -2.36. The number of methoxy groups -OCH3 is 1. The Morgan fingerprint density at radius 1 is 0.881 bits per heavy atom. The molecule has 0 fully saturated rings. The molecule has 0 bridgehead atoms. The number of thiophene rings is 2. The average molecular weight is 673 g/mol. The molecule has 0 aliphatic carbocycles. The van der Waals surface area contributed by atoms with Gasteiger partial charge < -0.3 is 14.9 Å². The molecular formula is C26H25ClN2O9S4. The zero-order chi connectivity index (χ0) is 30.8. The highest BCUT2D eigenvalue weighted by atomic mass is 35.5. The molecular weight excluding hydrogens is 648 g/mol. The van der Waals surface area contributed by atoms with Gasteiger partial charge >= 0.3 is 11.9 Å². The van der Waals surface area contributed by atoms with Crippen molar-refractivity contribution in [3.05, 3.63) is 69.4 Å². The fourth-order valence-electron chi connectivity index (χ4n) is 4.08. The summed E-state index contributed by atoms with van der Waals surface area (Å²) >= 11 is 8.53. The van der Waals surface area contributed by atoms with Crippen LogP contribution in [0.5, 0.6) is 5.75 Å². The summed E-state index contributed by atoms with van der Waals surface area (Å²) in [6, 6.07) is 12.8. The molecule has 4 aromatic rings. The summed E-state index contributed by atoms with van der Waals surface area (Å²) in [6.45, 7) is -0.188. The van der Waals surface area contributed by atoms with Crippen LogP contribution < -0.4 is 9.04 Å². The molecule has 0 unspecified atom stereocenters. The molecule has 2 aromatic heterocycles. The maximum Gasteiger partial charge on any atom is 0.324 e. The van der Waals surface area contributed by atoms with Crippen LogP contribution in [0.1, 0.15) is 16.7 Å². The van der Waals surface area contributed by atoms with Crippen LogP contribution in [0.2, 0.25) is 5.02 Å². The van der Waals surface area contributed by atoms with Gasteiger partial charge in [0.1, 0.15) is 23.0 Å². The Hall–Kier alpha value is -3.21. The molecule has 42 heavy (non-hydrogen) atoms. The molecule has 2 N–H and O–H groups in total. The number of carboxylic acid groups (broad SMARTS) is 2. The van der Waals surface area contributed by atoms with Gasteiger partial charge in [-0.15, -0.1) is 22.7 Å². The Balaban J connectivity index is 1.81. The molecule has 0 spiro atoms. The van der Waals surface area contributed by atoms with Crippen molar-refractivity contribution >= 4 is 82.0 Å². The average Bonchev–Trinajstić information content (AvgIpc) is 3.60. The van der Waals surface area contributed by atoms with Crippen molar-refractivity contribution < 1.29 is 41.4 Å². The molecule has 2 heterocycles. The van der Waals surface area contributed by atoms with E-state index in [1.807, 2.05) is 6.92 Å². The summed E-state index contributed by atoms with van der Waals surface area (Å²) in [4.78, 5) is 24.5. The number of hydrogen-bond acceptors (Lipinski definition) is 9. The molecule has 2 aromatic carbocycles. The van der Waals surface area contributed by atoms with E-state index in [9.17, 15) is 36.6 Å². The lowest BCUT2D eigenvalue weighted by molar-refractivity contribution is -0.137. The van der Waals surface area contributed by atoms with Gasteiger partial charge in [0, 0.05) is 21.7 Å². The van der Waals surface area contributed by atoms with Crippen molar-refractivity contribution in [3.63, 3.8) is 0 Å². The van der Waals surface area contributed by atoms with Gasteiger partial charge in [0.05, 0.1) is 27.4 Å². The number of anilines is 1. The predicted molar refractivity (Wildman–Crippen MR) is 161 cm³/mol. The Labute approximate surface area is 255 Å². The minimum Gasteiger partial charge on any atom is -0.497 e. The van der Waals surface area contributed by atoms with Gasteiger partial charge in [-0.1, -0.05) is 18.5 Å². The van der Waals surface area contributed by atoms with Crippen molar-refractivity contribution in [1.29, 1.82) is 0 Å². The van der Waals surface area contributed by atoms with E-state index in [2.05, 4.69) is 0 Å². The van der Waals surface area contributed by atoms with Crippen LogP contribution in [0, 0.1) is 0 Å². The van der Waals surface area contributed by atoms with Crippen molar-refractivity contribution in [1.82, 2.24) is 4.31 Å². The Morgan fingerprint density at radius 3 is 2.12 bits per heavy atom. The lowest BCUT2D eigenvalue weighted by atomic mass is 10.2. The summed E-state index contributed by atoms with van der Waals surface area (Å²) in [5, 5.41) is 19.6. The molecule has 224 valence electrons. The highest BCUT2D eigenvalue weighted by molar-refractivity contribution is 7.93. The van der Waals surface area contributed by atoms with Crippen molar-refractivity contribution in [3.8, 4) is 5.75 Å². The van der Waals surface area contributed by atoms with E-state index in [4.69, 9.17) is 16.3 Å². The number of carbonyl (C=O) groups is 2. The van der Waals surface area contributed by atoms with Gasteiger partial charge in [-0.2, -0.15) is 4.31 Å². The first-order chi connectivity index (χ1) is 19.8. The number of sulfonamides is 2. The van der Waals surface area contributed by atoms with E-state index < -0.39 is 45.1 Å². The van der Waals surface area contributed by atoms with Gasteiger partial charge in [-0.25, -0.2) is 16.8 Å². The van der Waals surface area contributed by atoms with Gasteiger partial charge in [-0.3, -0.25) is 13.9 Å². The zero-order valence-electron chi connectivity index (χ0n) is 22.2. The Bertz CT molecular complexity index is 1850. The van der Waals surface area contributed by atoms with E-state index >= 15 is 0 Å². The number of ether oxygens (including phenoxy) is 1. The van der Waals surface area contributed by atoms with Crippen molar-refractivity contribution in [2.45, 2.75) is 29.0 Å². The molecule has 0 saturated carbocycles. The number of carboxylic acids is 2. The second-order valence-electron chi connectivity index (χ2n) is 8.84. The van der Waals surface area contributed by atoms with Crippen LogP contribution >= 0.6 is 34.3 Å². The first-order valence-electron chi connectivity index (χ1n) is 12.2. The number of halogens is 1. The number of benzene rings is 2. The van der Waals surface area contributed by atoms with Gasteiger partial charge in [0.2, 0.25) is 0 Å². The number of hydrogen-bond donors (Lipinski definition) is 2. The molecule has 11 nitrogen and oxygen atoms in total. The van der Waals surface area contributed by atoms with Gasteiger partial charge in [0.15, 0.2) is 0 Å². The second kappa shape index (κ2) is 12.6. The molecule has 16 heteroatoms. The molecule has 0 aliphatic heterocycles. The van der Waals surface area contributed by atoms with E-state index in [1.54, 1.807) is 6.07 Å². The number of nitrogens with zero attached hydrogens (tertiary/aromatic N) is 2. The van der Waals surface area contributed by atoms with Crippen LogP contribution in [-0.2, 0) is 42.6 Å². The quantitative estimate of drug-likeness (QED) is 0.205. The van der Waals surface area contributed by atoms with Crippen LogP contribution in [-0.4, -0.2) is 63.5 Å². The number of rotatable bonds is 13. The van der Waals surface area contributed by atoms with Crippen LogP contribution in [0.15, 0.2) is 63.7 Å². The zero-order valence-corrected chi connectivity index (χ0v) is 26.2. The highest BCUT2D eigenvalue weighted by Gasteiger charge is 2.31.